The number of hydroxylamine groups is 1. The summed E-state index contributed by atoms with van der Waals surface area (Å²) < 4.78 is 10.9. The summed E-state index contributed by atoms with van der Waals surface area (Å²) in [6, 6.07) is 15.4. The quantitative estimate of drug-likeness (QED) is 0.638. The Hall–Kier alpha value is -2.41. The van der Waals surface area contributed by atoms with Gasteiger partial charge in [0.25, 0.3) is 0 Å². The molecule has 1 aromatic heterocycles. The number of hydrogen-bond donors (Lipinski definition) is 2. The summed E-state index contributed by atoms with van der Waals surface area (Å²) >= 11 is 1.59. The van der Waals surface area contributed by atoms with Crippen LogP contribution < -0.4 is 15.0 Å². The predicted molar refractivity (Wildman–Crippen MR) is 93.5 cm³/mol. The van der Waals surface area contributed by atoms with E-state index in [-0.39, 0.29) is 0 Å². The second kappa shape index (κ2) is 7.92. The maximum atomic E-state index is 8.76. The molecule has 0 saturated heterocycles. The summed E-state index contributed by atoms with van der Waals surface area (Å²) in [7, 11) is 1.65. The summed E-state index contributed by atoms with van der Waals surface area (Å²) in [5.74, 6) is 1.58. The van der Waals surface area contributed by atoms with Crippen molar-refractivity contribution in [3.05, 3.63) is 65.2 Å². The number of nitrogens with one attached hydrogen (secondary N) is 1. The smallest absolute Gasteiger partial charge is 0.131 e. The number of ether oxygens (including phenoxy) is 2. The zero-order chi connectivity index (χ0) is 16.8. The summed E-state index contributed by atoms with van der Waals surface area (Å²) in [4.78, 5) is 4.61. The minimum Gasteiger partial charge on any atom is -0.497 e. The van der Waals surface area contributed by atoms with Crippen LogP contribution in [0, 0.1) is 0 Å². The molecule has 0 saturated carbocycles. The number of nitrogens with zero attached hydrogens (tertiary/aromatic N) is 1. The van der Waals surface area contributed by atoms with Crippen molar-refractivity contribution in [2.75, 3.05) is 7.11 Å². The number of rotatable bonds is 7. The van der Waals surface area contributed by atoms with E-state index in [1.165, 1.54) is 0 Å². The molecule has 24 heavy (non-hydrogen) atoms. The molecule has 1 heterocycles. The number of aromatic nitrogens is 1. The number of benzene rings is 2. The van der Waals surface area contributed by atoms with Gasteiger partial charge in [0.15, 0.2) is 0 Å². The first kappa shape index (κ1) is 16.4. The monoisotopic (exact) mass is 342 g/mol. The van der Waals surface area contributed by atoms with Crippen molar-refractivity contribution in [2.45, 2.75) is 13.2 Å². The van der Waals surface area contributed by atoms with Gasteiger partial charge in [-0.25, -0.2) is 10.5 Å². The zero-order valence-corrected chi connectivity index (χ0v) is 14.0. The predicted octanol–water partition coefficient (Wildman–Crippen LogP) is 3.88. The standard InChI is InChI=1S/C18H18N2O3S/c1-22-16-7-5-14(6-8-16)18-20-15(12-24-18)11-23-17-4-2-3-13(9-17)10-19-21/h2-9,12,19,21H,10-11H2,1H3. The Morgan fingerprint density at radius 1 is 1.12 bits per heavy atom. The molecule has 0 amide bonds. The van der Waals surface area contributed by atoms with Gasteiger partial charge in [-0.1, -0.05) is 12.1 Å². The van der Waals surface area contributed by atoms with E-state index >= 15 is 0 Å². The second-order valence-electron chi connectivity index (χ2n) is 5.14. The van der Waals surface area contributed by atoms with E-state index < -0.39 is 0 Å². The lowest BCUT2D eigenvalue weighted by molar-refractivity contribution is 0.161. The van der Waals surface area contributed by atoms with Crippen LogP contribution in [-0.2, 0) is 13.2 Å². The fraction of sp³-hybridized carbons (Fsp3) is 0.167. The maximum Gasteiger partial charge on any atom is 0.131 e. The van der Waals surface area contributed by atoms with Crippen LogP contribution in [0.2, 0.25) is 0 Å². The van der Waals surface area contributed by atoms with Gasteiger partial charge in [0.2, 0.25) is 0 Å². The van der Waals surface area contributed by atoms with Gasteiger partial charge in [-0.2, -0.15) is 0 Å². The zero-order valence-electron chi connectivity index (χ0n) is 13.2. The molecule has 124 valence electrons. The minimum atomic E-state index is 0.384. The van der Waals surface area contributed by atoms with E-state index in [0.717, 1.165) is 33.3 Å². The van der Waals surface area contributed by atoms with Crippen LogP contribution in [0.4, 0.5) is 0 Å². The van der Waals surface area contributed by atoms with Gasteiger partial charge < -0.3 is 14.7 Å². The van der Waals surface area contributed by atoms with Gasteiger partial charge in [-0.3, -0.25) is 0 Å². The molecule has 0 spiro atoms. The molecule has 0 aliphatic rings. The third-order valence-corrected chi connectivity index (χ3v) is 4.40. The Kier molecular flexibility index (Phi) is 5.43. The van der Waals surface area contributed by atoms with E-state index in [0.29, 0.717) is 13.2 Å². The normalized spacial score (nSPS) is 10.6. The van der Waals surface area contributed by atoms with Gasteiger partial charge in [0.05, 0.1) is 12.8 Å². The van der Waals surface area contributed by atoms with Crippen LogP contribution in [0.1, 0.15) is 11.3 Å². The molecule has 0 aliphatic heterocycles. The number of thiazole rings is 1. The molecule has 0 unspecified atom stereocenters. The average Bonchev–Trinajstić information content (AvgIpc) is 3.10. The van der Waals surface area contributed by atoms with Crippen molar-refractivity contribution in [1.82, 2.24) is 10.5 Å². The molecular formula is C18H18N2O3S. The Morgan fingerprint density at radius 3 is 2.71 bits per heavy atom. The molecular weight excluding hydrogens is 324 g/mol. The number of methoxy groups -OCH3 is 1. The van der Waals surface area contributed by atoms with Gasteiger partial charge in [-0.15, -0.1) is 11.3 Å². The molecule has 0 radical (unpaired) electrons. The van der Waals surface area contributed by atoms with Crippen LogP contribution in [-0.4, -0.2) is 17.3 Å². The van der Waals surface area contributed by atoms with Gasteiger partial charge in [-0.05, 0) is 42.0 Å². The van der Waals surface area contributed by atoms with Crippen LogP contribution in [0.15, 0.2) is 53.9 Å². The van der Waals surface area contributed by atoms with Gasteiger partial charge in [0, 0.05) is 17.5 Å². The SMILES string of the molecule is COc1ccc(-c2nc(COc3cccc(CNO)c3)cs2)cc1. The van der Waals surface area contributed by atoms with Crippen molar-refractivity contribution in [2.24, 2.45) is 0 Å². The summed E-state index contributed by atoms with van der Waals surface area (Å²) in [5.41, 5.74) is 5.03. The third kappa shape index (κ3) is 4.11. The molecule has 0 bridgehead atoms. The van der Waals surface area contributed by atoms with E-state index in [1.807, 2.05) is 53.9 Å². The summed E-state index contributed by atoms with van der Waals surface area (Å²) in [5, 5.41) is 11.7. The molecule has 0 fully saturated rings. The lowest BCUT2D eigenvalue weighted by Gasteiger charge is -2.06. The van der Waals surface area contributed by atoms with E-state index in [2.05, 4.69) is 10.5 Å². The lowest BCUT2D eigenvalue weighted by Crippen LogP contribution is -2.06. The largest absolute Gasteiger partial charge is 0.497 e. The third-order valence-electron chi connectivity index (χ3n) is 3.46. The maximum absolute atomic E-state index is 8.76. The molecule has 5 nitrogen and oxygen atoms in total. The fourth-order valence-corrected chi connectivity index (χ4v) is 3.04. The topological polar surface area (TPSA) is 63.6 Å². The van der Waals surface area contributed by atoms with Gasteiger partial charge in [0.1, 0.15) is 23.1 Å². The fourth-order valence-electron chi connectivity index (χ4n) is 2.23. The molecule has 6 heteroatoms. The summed E-state index contributed by atoms with van der Waals surface area (Å²) in [6.07, 6.45) is 0. The van der Waals surface area contributed by atoms with Crippen LogP contribution in [0.3, 0.4) is 0 Å². The van der Waals surface area contributed by atoms with Crippen molar-refractivity contribution < 1.29 is 14.7 Å². The van der Waals surface area contributed by atoms with Crippen molar-refractivity contribution >= 4 is 11.3 Å². The lowest BCUT2D eigenvalue weighted by atomic mass is 10.2. The van der Waals surface area contributed by atoms with E-state index in [1.54, 1.807) is 18.4 Å². The van der Waals surface area contributed by atoms with Gasteiger partial charge >= 0.3 is 0 Å². The Labute approximate surface area is 144 Å². The highest BCUT2D eigenvalue weighted by atomic mass is 32.1. The Balaban J connectivity index is 1.64. The molecule has 3 aromatic rings. The van der Waals surface area contributed by atoms with Crippen molar-refractivity contribution in [3.63, 3.8) is 0 Å². The molecule has 0 aliphatic carbocycles. The molecule has 2 aromatic carbocycles. The second-order valence-corrected chi connectivity index (χ2v) is 6.00. The summed E-state index contributed by atoms with van der Waals surface area (Å²) in [6.45, 7) is 0.790. The molecule has 0 atom stereocenters. The molecule has 3 rings (SSSR count). The van der Waals surface area contributed by atoms with Crippen molar-refractivity contribution in [3.8, 4) is 22.1 Å². The first-order chi connectivity index (χ1) is 11.8. The van der Waals surface area contributed by atoms with Crippen molar-refractivity contribution in [1.29, 1.82) is 0 Å². The van der Waals surface area contributed by atoms with E-state index in [9.17, 15) is 0 Å². The highest BCUT2D eigenvalue weighted by molar-refractivity contribution is 7.13. The van der Waals surface area contributed by atoms with Crippen LogP contribution >= 0.6 is 11.3 Å². The first-order valence-electron chi connectivity index (χ1n) is 7.46. The highest BCUT2D eigenvalue weighted by Crippen LogP contribution is 2.26. The van der Waals surface area contributed by atoms with Crippen LogP contribution in [0.5, 0.6) is 11.5 Å². The Morgan fingerprint density at radius 2 is 1.96 bits per heavy atom. The van der Waals surface area contributed by atoms with E-state index in [4.69, 9.17) is 14.7 Å². The van der Waals surface area contributed by atoms with Crippen LogP contribution in [0.25, 0.3) is 10.6 Å². The average molecular weight is 342 g/mol. The Bertz CT molecular complexity index is 787. The number of hydrogen-bond acceptors (Lipinski definition) is 6. The molecule has 2 N–H and O–H groups in total. The minimum absolute atomic E-state index is 0.384. The highest BCUT2D eigenvalue weighted by Gasteiger charge is 2.06. The first-order valence-corrected chi connectivity index (χ1v) is 8.34.